The second kappa shape index (κ2) is 10.4. The van der Waals surface area contributed by atoms with Crippen molar-refractivity contribution in [2.45, 2.75) is 50.7 Å². The molecular weight excluding hydrogens is 464 g/mol. The maximum atomic E-state index is 12.0. The molecule has 0 radical (unpaired) electrons. The third-order valence-corrected chi connectivity index (χ3v) is 6.55. The molecule has 3 aromatic rings. The summed E-state index contributed by atoms with van der Waals surface area (Å²) in [5.41, 5.74) is 2.06. The number of amides is 2. The molecule has 2 aromatic heterocycles. The number of fused-ring (bicyclic) bond motifs is 2. The maximum absolute atomic E-state index is 12.0. The zero-order valence-electron chi connectivity index (χ0n) is 19.8. The van der Waals surface area contributed by atoms with Gasteiger partial charge < -0.3 is 24.5 Å². The van der Waals surface area contributed by atoms with Gasteiger partial charge in [0, 0.05) is 13.0 Å². The lowest BCUT2D eigenvalue weighted by Crippen LogP contribution is -2.28. The van der Waals surface area contributed by atoms with Crippen molar-refractivity contribution >= 4 is 35.1 Å². The van der Waals surface area contributed by atoms with E-state index in [0.29, 0.717) is 36.4 Å². The van der Waals surface area contributed by atoms with Gasteiger partial charge in [0.15, 0.2) is 23.3 Å². The number of nitrogens with one attached hydrogen (secondary N) is 2. The highest BCUT2D eigenvalue weighted by molar-refractivity contribution is 5.95. The predicted octanol–water partition coefficient (Wildman–Crippen LogP) is 3.22. The van der Waals surface area contributed by atoms with Crippen molar-refractivity contribution in [3.8, 4) is 0 Å². The first kappa shape index (κ1) is 23.9. The van der Waals surface area contributed by atoms with Crippen LogP contribution in [-0.4, -0.2) is 61.7 Å². The molecule has 3 heterocycles. The molecule has 3 unspecified atom stereocenters. The number of aromatic nitrogens is 4. The smallest absolute Gasteiger partial charge is 0.320 e. The van der Waals surface area contributed by atoms with E-state index in [2.05, 4.69) is 25.6 Å². The number of rotatable bonds is 8. The fourth-order valence-electron chi connectivity index (χ4n) is 4.97. The standard InChI is InChI=1S/C25H28N6O5/c1-2-26-25(34)30-23-20-24(28-13-27-23)31(14-29-20)17-12-16(9-10-18(32)33)21-22(17)36-19(35-21)11-8-15-6-4-3-5-7-15/h3-8,11,13-14,16-17,19,21-22H,2,9-10,12H2,1H3,(H,32,33)(H2,26,27,28,30,34)/t16?,17?,19-,21-,22?/m1/s1. The molecule has 5 atom stereocenters. The lowest BCUT2D eigenvalue weighted by molar-refractivity contribution is -0.137. The van der Waals surface area contributed by atoms with E-state index in [9.17, 15) is 14.7 Å². The molecule has 0 bridgehead atoms. The van der Waals surface area contributed by atoms with E-state index in [1.807, 2.05) is 54.0 Å². The molecule has 2 aliphatic rings. The Labute approximate surface area is 207 Å². The number of urea groups is 1. The Morgan fingerprint density at radius 1 is 1.17 bits per heavy atom. The molecule has 0 spiro atoms. The van der Waals surface area contributed by atoms with Crippen molar-refractivity contribution < 1.29 is 24.2 Å². The zero-order chi connectivity index (χ0) is 25.1. The number of anilines is 1. The SMILES string of the molecule is CCNC(=O)Nc1ncnc2c1ncn2C1CC(CCC(=O)O)[C@H]2O[C@@H](C=Cc3ccccc3)OC12. The summed E-state index contributed by atoms with van der Waals surface area (Å²) in [5, 5.41) is 14.6. The third-order valence-electron chi connectivity index (χ3n) is 6.55. The first-order valence-electron chi connectivity index (χ1n) is 12.0. The normalized spacial score (nSPS) is 25.3. The number of aliphatic carboxylic acids is 1. The minimum Gasteiger partial charge on any atom is -0.481 e. The largest absolute Gasteiger partial charge is 0.481 e. The van der Waals surface area contributed by atoms with Crippen molar-refractivity contribution in [3.05, 3.63) is 54.6 Å². The van der Waals surface area contributed by atoms with Crippen LogP contribution in [0.25, 0.3) is 17.2 Å². The molecular formula is C25H28N6O5. The molecule has 11 nitrogen and oxygen atoms in total. The van der Waals surface area contributed by atoms with E-state index in [1.54, 1.807) is 6.33 Å². The number of hydrogen-bond donors (Lipinski definition) is 3. The van der Waals surface area contributed by atoms with Gasteiger partial charge in [0.25, 0.3) is 0 Å². The number of nitrogens with zero attached hydrogens (tertiary/aromatic N) is 4. The second-order valence-corrected chi connectivity index (χ2v) is 8.87. The summed E-state index contributed by atoms with van der Waals surface area (Å²) in [6, 6.07) is 9.33. The van der Waals surface area contributed by atoms with Crippen molar-refractivity contribution in [2.24, 2.45) is 5.92 Å². The van der Waals surface area contributed by atoms with Crippen LogP contribution in [0.5, 0.6) is 0 Å². The Hall–Kier alpha value is -3.83. The second-order valence-electron chi connectivity index (χ2n) is 8.87. The van der Waals surface area contributed by atoms with Gasteiger partial charge in [-0.25, -0.2) is 19.7 Å². The summed E-state index contributed by atoms with van der Waals surface area (Å²) >= 11 is 0. The topological polar surface area (TPSA) is 140 Å². The Morgan fingerprint density at radius 2 is 1.97 bits per heavy atom. The molecule has 1 aliphatic heterocycles. The van der Waals surface area contributed by atoms with Crippen LogP contribution < -0.4 is 10.6 Å². The van der Waals surface area contributed by atoms with Crippen LogP contribution in [0.4, 0.5) is 10.6 Å². The first-order chi connectivity index (χ1) is 17.5. The Morgan fingerprint density at radius 3 is 2.75 bits per heavy atom. The van der Waals surface area contributed by atoms with Gasteiger partial charge >= 0.3 is 12.0 Å². The van der Waals surface area contributed by atoms with Crippen LogP contribution >= 0.6 is 0 Å². The summed E-state index contributed by atoms with van der Waals surface area (Å²) in [7, 11) is 0. The van der Waals surface area contributed by atoms with Crippen LogP contribution in [0.3, 0.4) is 0 Å². The number of carboxylic acids is 1. The van der Waals surface area contributed by atoms with Gasteiger partial charge in [0.1, 0.15) is 12.4 Å². The van der Waals surface area contributed by atoms with Gasteiger partial charge in [-0.2, -0.15) is 0 Å². The number of carbonyl (C=O) groups is 2. The van der Waals surface area contributed by atoms with E-state index >= 15 is 0 Å². The minimum atomic E-state index is -0.837. The Kier molecular flexibility index (Phi) is 6.92. The highest BCUT2D eigenvalue weighted by Gasteiger charge is 2.51. The lowest BCUT2D eigenvalue weighted by Gasteiger charge is -2.19. The summed E-state index contributed by atoms with van der Waals surface area (Å²) < 4.78 is 14.5. The monoisotopic (exact) mass is 492 g/mol. The van der Waals surface area contributed by atoms with E-state index in [0.717, 1.165) is 5.56 Å². The molecule has 1 saturated heterocycles. The van der Waals surface area contributed by atoms with E-state index in [-0.39, 0.29) is 36.6 Å². The molecule has 188 valence electrons. The molecule has 1 aromatic carbocycles. The first-order valence-corrected chi connectivity index (χ1v) is 12.0. The fraction of sp³-hybridized carbons (Fsp3) is 0.400. The summed E-state index contributed by atoms with van der Waals surface area (Å²) in [6.45, 7) is 2.31. The van der Waals surface area contributed by atoms with E-state index in [1.165, 1.54) is 6.33 Å². The summed E-state index contributed by atoms with van der Waals surface area (Å²) in [4.78, 5) is 36.4. The van der Waals surface area contributed by atoms with E-state index in [4.69, 9.17) is 9.47 Å². The van der Waals surface area contributed by atoms with Crippen LogP contribution in [0.2, 0.25) is 0 Å². The number of ether oxygens (including phenoxy) is 2. The molecule has 5 rings (SSSR count). The highest BCUT2D eigenvalue weighted by Crippen LogP contribution is 2.46. The van der Waals surface area contributed by atoms with Gasteiger partial charge in [0.2, 0.25) is 0 Å². The number of hydrogen-bond acceptors (Lipinski definition) is 7. The number of carboxylic acid groups (broad SMARTS) is 1. The van der Waals surface area contributed by atoms with Crippen LogP contribution in [0, 0.1) is 5.92 Å². The molecule has 2 amide bonds. The number of benzene rings is 1. The fourth-order valence-corrected chi connectivity index (χ4v) is 4.97. The number of carbonyl (C=O) groups excluding carboxylic acids is 1. The maximum Gasteiger partial charge on any atom is 0.320 e. The van der Waals surface area contributed by atoms with E-state index < -0.39 is 12.3 Å². The van der Waals surface area contributed by atoms with Crippen LogP contribution in [0.1, 0.15) is 37.8 Å². The quantitative estimate of drug-likeness (QED) is 0.435. The molecule has 11 heteroatoms. The average molecular weight is 493 g/mol. The lowest BCUT2D eigenvalue weighted by atomic mass is 9.99. The number of imidazole rings is 1. The van der Waals surface area contributed by atoms with Gasteiger partial charge in [-0.3, -0.25) is 10.1 Å². The van der Waals surface area contributed by atoms with Crippen LogP contribution in [0.15, 0.2) is 49.1 Å². The molecule has 1 saturated carbocycles. The van der Waals surface area contributed by atoms with Gasteiger partial charge in [-0.15, -0.1) is 0 Å². The van der Waals surface area contributed by atoms with Crippen molar-refractivity contribution in [3.63, 3.8) is 0 Å². The summed E-state index contributed by atoms with van der Waals surface area (Å²) in [5.74, 6) is -0.524. The average Bonchev–Trinajstić information content (AvgIpc) is 3.56. The summed E-state index contributed by atoms with van der Waals surface area (Å²) in [6.07, 6.45) is 6.97. The molecule has 2 fully saturated rings. The van der Waals surface area contributed by atoms with Crippen molar-refractivity contribution in [2.75, 3.05) is 11.9 Å². The molecule has 36 heavy (non-hydrogen) atoms. The predicted molar refractivity (Wildman–Crippen MR) is 131 cm³/mol. The van der Waals surface area contributed by atoms with Crippen molar-refractivity contribution in [1.82, 2.24) is 24.8 Å². The van der Waals surface area contributed by atoms with Gasteiger partial charge in [-0.1, -0.05) is 36.4 Å². The van der Waals surface area contributed by atoms with Gasteiger partial charge in [0.05, 0.1) is 18.5 Å². The highest BCUT2D eigenvalue weighted by atomic mass is 16.7. The van der Waals surface area contributed by atoms with Crippen LogP contribution in [-0.2, 0) is 14.3 Å². The molecule has 1 aliphatic carbocycles. The molecule has 3 N–H and O–H groups in total. The Bertz CT molecular complexity index is 1260. The third kappa shape index (κ3) is 4.93. The van der Waals surface area contributed by atoms with Gasteiger partial charge in [-0.05, 0) is 37.3 Å². The minimum absolute atomic E-state index is 0.00144. The zero-order valence-corrected chi connectivity index (χ0v) is 19.8. The van der Waals surface area contributed by atoms with Crippen molar-refractivity contribution in [1.29, 1.82) is 0 Å². The Balaban J connectivity index is 1.41.